The Balaban J connectivity index is 1.66. The number of nitrogens with one attached hydrogen (secondary N) is 2. The lowest BCUT2D eigenvalue weighted by Crippen LogP contribution is -2.40. The molecule has 0 saturated carbocycles. The topological polar surface area (TPSA) is 58.2 Å². The van der Waals surface area contributed by atoms with Crippen LogP contribution in [0.15, 0.2) is 18.2 Å². The Labute approximate surface area is 121 Å². The Morgan fingerprint density at radius 3 is 2.80 bits per heavy atom. The third-order valence-electron chi connectivity index (χ3n) is 4.20. The van der Waals surface area contributed by atoms with Crippen LogP contribution in [-0.2, 0) is 22.9 Å². The van der Waals surface area contributed by atoms with Gasteiger partial charge in [0.05, 0.1) is 5.75 Å². The number of rotatable bonds is 4. The van der Waals surface area contributed by atoms with Crippen molar-refractivity contribution in [3.63, 3.8) is 0 Å². The molecule has 1 saturated heterocycles. The quantitative estimate of drug-likeness (QED) is 0.893. The molecule has 5 heteroatoms. The summed E-state index contributed by atoms with van der Waals surface area (Å²) < 4.78 is 27.2. The highest BCUT2D eigenvalue weighted by Gasteiger charge is 2.21. The van der Waals surface area contributed by atoms with Crippen molar-refractivity contribution in [2.24, 2.45) is 0 Å². The van der Waals surface area contributed by atoms with Gasteiger partial charge in [-0.3, -0.25) is 4.72 Å². The molecule has 0 spiro atoms. The Morgan fingerprint density at radius 2 is 2.00 bits per heavy atom. The van der Waals surface area contributed by atoms with Crippen LogP contribution >= 0.6 is 0 Å². The second-order valence-corrected chi connectivity index (χ2v) is 7.63. The van der Waals surface area contributed by atoms with Crippen molar-refractivity contribution in [1.82, 2.24) is 5.32 Å². The van der Waals surface area contributed by atoms with Gasteiger partial charge in [-0.2, -0.15) is 0 Å². The number of benzene rings is 1. The Morgan fingerprint density at radius 1 is 1.15 bits per heavy atom. The molecule has 4 nitrogen and oxygen atoms in total. The lowest BCUT2D eigenvalue weighted by atomic mass is 10.1. The van der Waals surface area contributed by atoms with Crippen LogP contribution in [0.1, 0.15) is 36.8 Å². The Bertz CT molecular complexity index is 578. The summed E-state index contributed by atoms with van der Waals surface area (Å²) in [5.74, 6) is 0.171. The zero-order chi connectivity index (χ0) is 14.0. The molecule has 2 aliphatic rings. The molecule has 0 aromatic heterocycles. The average molecular weight is 294 g/mol. The average Bonchev–Trinajstić information content (AvgIpc) is 2.86. The molecule has 0 amide bonds. The fraction of sp³-hybridized carbons (Fsp3) is 0.600. The minimum atomic E-state index is -3.26. The molecule has 2 N–H and O–H groups in total. The zero-order valence-corrected chi connectivity index (χ0v) is 12.5. The van der Waals surface area contributed by atoms with E-state index in [2.05, 4.69) is 16.1 Å². The summed E-state index contributed by atoms with van der Waals surface area (Å²) in [5, 5.41) is 3.28. The largest absolute Gasteiger partial charge is 0.313 e. The summed E-state index contributed by atoms with van der Waals surface area (Å²) in [6, 6.07) is 6.03. The normalized spacial score (nSPS) is 22.5. The van der Waals surface area contributed by atoms with E-state index >= 15 is 0 Å². The van der Waals surface area contributed by atoms with Crippen molar-refractivity contribution >= 4 is 15.7 Å². The fourth-order valence-electron chi connectivity index (χ4n) is 3.19. The van der Waals surface area contributed by atoms with Crippen molar-refractivity contribution in [2.45, 2.75) is 44.6 Å². The fourth-order valence-corrected chi connectivity index (χ4v) is 4.57. The molecule has 1 unspecified atom stereocenters. The van der Waals surface area contributed by atoms with E-state index in [9.17, 15) is 8.42 Å². The molecular weight excluding hydrogens is 272 g/mol. The minimum Gasteiger partial charge on any atom is -0.313 e. The minimum absolute atomic E-state index is 0.0932. The summed E-state index contributed by atoms with van der Waals surface area (Å²) in [6.07, 6.45) is 6.58. The van der Waals surface area contributed by atoms with Gasteiger partial charge in [0, 0.05) is 11.7 Å². The maximum atomic E-state index is 12.2. The van der Waals surface area contributed by atoms with Crippen LogP contribution in [0.4, 0.5) is 5.69 Å². The standard InChI is InChI=1S/C15H22N2O2S/c18-20(19,11-15-6-1-2-9-16-15)17-14-8-7-12-4-3-5-13(12)10-14/h7-8,10,15-17H,1-6,9,11H2. The van der Waals surface area contributed by atoms with Crippen molar-refractivity contribution in [3.05, 3.63) is 29.3 Å². The predicted octanol–water partition coefficient (Wildman–Crippen LogP) is 2.06. The van der Waals surface area contributed by atoms with Crippen LogP contribution in [0.25, 0.3) is 0 Å². The van der Waals surface area contributed by atoms with Gasteiger partial charge < -0.3 is 5.32 Å². The number of piperidine rings is 1. The molecule has 3 rings (SSSR count). The van der Waals surface area contributed by atoms with Gasteiger partial charge in [-0.25, -0.2) is 8.42 Å². The van der Waals surface area contributed by atoms with Gasteiger partial charge in [-0.1, -0.05) is 12.5 Å². The van der Waals surface area contributed by atoms with Gasteiger partial charge in [0.2, 0.25) is 10.0 Å². The Kier molecular flexibility index (Phi) is 3.98. The number of fused-ring (bicyclic) bond motifs is 1. The van der Waals surface area contributed by atoms with Gasteiger partial charge in [0.25, 0.3) is 0 Å². The highest BCUT2D eigenvalue weighted by atomic mass is 32.2. The lowest BCUT2D eigenvalue weighted by Gasteiger charge is -2.23. The smallest absolute Gasteiger partial charge is 0.234 e. The molecule has 1 atom stereocenters. The van der Waals surface area contributed by atoms with E-state index in [1.807, 2.05) is 12.1 Å². The van der Waals surface area contributed by atoms with Crippen LogP contribution in [0.3, 0.4) is 0 Å². The number of aryl methyl sites for hydroxylation is 2. The van der Waals surface area contributed by atoms with E-state index in [1.165, 1.54) is 17.5 Å². The van der Waals surface area contributed by atoms with E-state index in [0.717, 1.165) is 38.6 Å². The molecule has 1 fully saturated rings. The predicted molar refractivity (Wildman–Crippen MR) is 81.5 cm³/mol. The van der Waals surface area contributed by atoms with Crippen LogP contribution in [0.5, 0.6) is 0 Å². The molecule has 110 valence electrons. The van der Waals surface area contributed by atoms with E-state index < -0.39 is 10.0 Å². The van der Waals surface area contributed by atoms with E-state index in [0.29, 0.717) is 5.69 Å². The van der Waals surface area contributed by atoms with E-state index in [4.69, 9.17) is 0 Å². The second-order valence-electron chi connectivity index (χ2n) is 5.87. The number of anilines is 1. The molecule has 0 bridgehead atoms. The second kappa shape index (κ2) is 5.74. The van der Waals surface area contributed by atoms with Gasteiger partial charge >= 0.3 is 0 Å². The third kappa shape index (κ3) is 3.33. The van der Waals surface area contributed by atoms with Crippen molar-refractivity contribution in [3.8, 4) is 0 Å². The molecular formula is C15H22N2O2S. The molecule has 1 aromatic rings. The SMILES string of the molecule is O=S(=O)(CC1CCCCN1)Nc1ccc2c(c1)CCC2. The van der Waals surface area contributed by atoms with Crippen molar-refractivity contribution in [1.29, 1.82) is 0 Å². The number of hydrogen-bond donors (Lipinski definition) is 2. The first-order valence-electron chi connectivity index (χ1n) is 7.48. The maximum Gasteiger partial charge on any atom is 0.234 e. The molecule has 0 radical (unpaired) electrons. The Hall–Kier alpha value is -1.07. The summed E-state index contributed by atoms with van der Waals surface area (Å²) in [6.45, 7) is 0.930. The molecule has 20 heavy (non-hydrogen) atoms. The molecule has 1 heterocycles. The summed E-state index contributed by atoms with van der Waals surface area (Å²) in [7, 11) is -3.26. The van der Waals surface area contributed by atoms with Gasteiger partial charge in [0.1, 0.15) is 0 Å². The summed E-state index contributed by atoms with van der Waals surface area (Å²) in [5.41, 5.74) is 3.37. The first kappa shape index (κ1) is 13.9. The monoisotopic (exact) mass is 294 g/mol. The van der Waals surface area contributed by atoms with E-state index in [-0.39, 0.29) is 11.8 Å². The number of hydrogen-bond acceptors (Lipinski definition) is 3. The van der Waals surface area contributed by atoms with Crippen molar-refractivity contribution in [2.75, 3.05) is 17.0 Å². The van der Waals surface area contributed by atoms with Gasteiger partial charge in [0.15, 0.2) is 0 Å². The van der Waals surface area contributed by atoms with Crippen LogP contribution in [0.2, 0.25) is 0 Å². The number of sulfonamides is 1. The van der Waals surface area contributed by atoms with Gasteiger partial charge in [-0.15, -0.1) is 0 Å². The van der Waals surface area contributed by atoms with Crippen LogP contribution < -0.4 is 10.0 Å². The van der Waals surface area contributed by atoms with Crippen LogP contribution in [-0.4, -0.2) is 26.8 Å². The summed E-state index contributed by atoms with van der Waals surface area (Å²) >= 11 is 0. The third-order valence-corrected chi connectivity index (χ3v) is 5.59. The molecule has 1 aliphatic carbocycles. The molecule has 1 aromatic carbocycles. The first-order valence-corrected chi connectivity index (χ1v) is 9.13. The summed E-state index contributed by atoms with van der Waals surface area (Å²) in [4.78, 5) is 0. The highest BCUT2D eigenvalue weighted by Crippen LogP contribution is 2.25. The molecule has 1 aliphatic heterocycles. The first-order chi connectivity index (χ1) is 9.62. The van der Waals surface area contributed by atoms with Crippen molar-refractivity contribution < 1.29 is 8.42 Å². The van der Waals surface area contributed by atoms with Gasteiger partial charge in [-0.05, 0) is 61.9 Å². The van der Waals surface area contributed by atoms with Crippen LogP contribution in [0, 0.1) is 0 Å². The van der Waals surface area contributed by atoms with E-state index in [1.54, 1.807) is 0 Å². The lowest BCUT2D eigenvalue weighted by molar-refractivity contribution is 0.424. The zero-order valence-electron chi connectivity index (χ0n) is 11.7. The highest BCUT2D eigenvalue weighted by molar-refractivity contribution is 7.92. The maximum absolute atomic E-state index is 12.2.